The van der Waals surface area contributed by atoms with E-state index in [1.165, 1.54) is 0 Å². The van der Waals surface area contributed by atoms with E-state index in [0.29, 0.717) is 0 Å². The molecule has 2 heterocycles. The number of aryl methyl sites for hydroxylation is 1. The molecule has 0 aromatic carbocycles. The van der Waals surface area contributed by atoms with E-state index >= 15 is 0 Å². The van der Waals surface area contributed by atoms with Crippen LogP contribution in [0.3, 0.4) is 0 Å². The number of imidazole rings is 1. The van der Waals surface area contributed by atoms with Crippen molar-refractivity contribution in [3.8, 4) is 0 Å². The predicted octanol–water partition coefficient (Wildman–Crippen LogP) is 2.41. The average molecular weight is 203 g/mol. The second-order valence-electron chi connectivity index (χ2n) is 3.47. The van der Waals surface area contributed by atoms with Crippen LogP contribution >= 0.6 is 0 Å². The van der Waals surface area contributed by atoms with Crippen molar-refractivity contribution in [2.75, 3.05) is 7.05 Å². The highest BCUT2D eigenvalue weighted by atomic mass is 15.1. The number of azo groups is 1. The molecule has 0 bridgehead atoms. The lowest BCUT2D eigenvalue weighted by atomic mass is 10.3. The van der Waals surface area contributed by atoms with Gasteiger partial charge in [0.2, 0.25) is 0 Å². The maximum Gasteiger partial charge on any atom is 0.133 e. The smallest absolute Gasteiger partial charge is 0.133 e. The summed E-state index contributed by atoms with van der Waals surface area (Å²) in [5.41, 5.74) is 2.97. The minimum atomic E-state index is -0.0400. The molecule has 2 rings (SSSR count). The molecule has 0 amide bonds. The van der Waals surface area contributed by atoms with Crippen LogP contribution in [0.4, 0.5) is 0 Å². The van der Waals surface area contributed by atoms with Gasteiger partial charge in [0, 0.05) is 13.2 Å². The van der Waals surface area contributed by atoms with E-state index < -0.39 is 0 Å². The summed E-state index contributed by atoms with van der Waals surface area (Å²) in [4.78, 5) is 11.8. The van der Waals surface area contributed by atoms with Gasteiger partial charge in [-0.2, -0.15) is 10.2 Å². The van der Waals surface area contributed by atoms with Crippen molar-refractivity contribution in [2.24, 2.45) is 10.2 Å². The predicted molar refractivity (Wildman–Crippen MR) is 57.8 cm³/mol. The third kappa shape index (κ3) is 1.72. The van der Waals surface area contributed by atoms with E-state index in [0.717, 1.165) is 22.4 Å². The SMILES string of the molecule is CN=NC(C)c1nc2c(C)cncc2[nH]1. The summed E-state index contributed by atoms with van der Waals surface area (Å²) in [6.45, 7) is 3.94. The lowest BCUT2D eigenvalue weighted by Crippen LogP contribution is -1.90. The van der Waals surface area contributed by atoms with Crippen LogP contribution < -0.4 is 0 Å². The van der Waals surface area contributed by atoms with E-state index in [-0.39, 0.29) is 6.04 Å². The number of aromatic amines is 1. The first kappa shape index (κ1) is 9.76. The molecule has 2 aromatic heterocycles. The summed E-state index contributed by atoms with van der Waals surface area (Å²) in [5.74, 6) is 0.826. The van der Waals surface area contributed by atoms with Crippen LogP contribution in [0.15, 0.2) is 22.6 Å². The Balaban J connectivity index is 2.51. The molecule has 78 valence electrons. The highest BCUT2D eigenvalue weighted by Crippen LogP contribution is 2.19. The molecular formula is C10H13N5. The van der Waals surface area contributed by atoms with Crippen LogP contribution in [0.1, 0.15) is 24.4 Å². The number of hydrogen-bond acceptors (Lipinski definition) is 4. The highest BCUT2D eigenvalue weighted by Gasteiger charge is 2.10. The second kappa shape index (κ2) is 3.76. The van der Waals surface area contributed by atoms with Gasteiger partial charge in [0.15, 0.2) is 0 Å². The molecule has 2 aromatic rings. The van der Waals surface area contributed by atoms with Gasteiger partial charge in [-0.05, 0) is 19.4 Å². The van der Waals surface area contributed by atoms with Crippen LogP contribution in [-0.2, 0) is 0 Å². The fraction of sp³-hybridized carbons (Fsp3) is 0.400. The van der Waals surface area contributed by atoms with Gasteiger partial charge in [0.05, 0.1) is 17.2 Å². The van der Waals surface area contributed by atoms with Crippen LogP contribution in [0.25, 0.3) is 11.0 Å². The van der Waals surface area contributed by atoms with Gasteiger partial charge in [-0.1, -0.05) is 0 Å². The molecule has 0 spiro atoms. The first-order chi connectivity index (χ1) is 7.22. The highest BCUT2D eigenvalue weighted by molar-refractivity contribution is 5.77. The van der Waals surface area contributed by atoms with Crippen molar-refractivity contribution in [1.82, 2.24) is 15.0 Å². The zero-order valence-electron chi connectivity index (χ0n) is 9.02. The molecule has 0 fully saturated rings. The summed E-state index contributed by atoms with van der Waals surface area (Å²) in [6.07, 6.45) is 3.58. The number of nitrogens with zero attached hydrogens (tertiary/aromatic N) is 4. The Morgan fingerprint density at radius 3 is 2.87 bits per heavy atom. The van der Waals surface area contributed by atoms with Crippen molar-refractivity contribution in [3.63, 3.8) is 0 Å². The van der Waals surface area contributed by atoms with Crippen LogP contribution in [0, 0.1) is 6.92 Å². The molecule has 0 radical (unpaired) electrons. The fourth-order valence-electron chi connectivity index (χ4n) is 1.51. The third-order valence-electron chi connectivity index (χ3n) is 2.28. The summed E-state index contributed by atoms with van der Waals surface area (Å²) in [7, 11) is 1.66. The van der Waals surface area contributed by atoms with Gasteiger partial charge < -0.3 is 4.98 Å². The molecule has 1 atom stereocenters. The largest absolute Gasteiger partial charge is 0.339 e. The lowest BCUT2D eigenvalue weighted by Gasteiger charge is -1.97. The third-order valence-corrected chi connectivity index (χ3v) is 2.28. The van der Waals surface area contributed by atoms with Gasteiger partial charge >= 0.3 is 0 Å². The summed E-state index contributed by atoms with van der Waals surface area (Å²) >= 11 is 0. The number of fused-ring (bicyclic) bond motifs is 1. The topological polar surface area (TPSA) is 66.3 Å². The Hall–Kier alpha value is -1.78. The quantitative estimate of drug-likeness (QED) is 0.761. The monoisotopic (exact) mass is 203 g/mol. The molecule has 0 saturated heterocycles. The Kier molecular flexibility index (Phi) is 2.45. The normalized spacial score (nSPS) is 13.8. The van der Waals surface area contributed by atoms with Crippen molar-refractivity contribution in [2.45, 2.75) is 19.9 Å². The van der Waals surface area contributed by atoms with E-state index in [1.807, 2.05) is 13.8 Å². The Labute approximate surface area is 87.7 Å². The van der Waals surface area contributed by atoms with E-state index in [2.05, 4.69) is 25.2 Å². The zero-order valence-corrected chi connectivity index (χ0v) is 9.02. The van der Waals surface area contributed by atoms with E-state index in [9.17, 15) is 0 Å². The Bertz CT molecular complexity index is 499. The first-order valence-corrected chi connectivity index (χ1v) is 4.81. The summed E-state index contributed by atoms with van der Waals surface area (Å²) < 4.78 is 0. The number of pyridine rings is 1. The molecule has 15 heavy (non-hydrogen) atoms. The molecule has 0 aliphatic carbocycles. The van der Waals surface area contributed by atoms with Gasteiger partial charge in [0.1, 0.15) is 11.9 Å². The maximum atomic E-state index is 4.48. The van der Waals surface area contributed by atoms with E-state index in [4.69, 9.17) is 0 Å². The number of H-pyrrole nitrogens is 1. The minimum Gasteiger partial charge on any atom is -0.339 e. The van der Waals surface area contributed by atoms with Crippen LogP contribution in [-0.4, -0.2) is 22.0 Å². The van der Waals surface area contributed by atoms with Gasteiger partial charge in [-0.15, -0.1) is 0 Å². The van der Waals surface area contributed by atoms with Crippen LogP contribution in [0.5, 0.6) is 0 Å². The van der Waals surface area contributed by atoms with Crippen molar-refractivity contribution in [3.05, 3.63) is 23.8 Å². The lowest BCUT2D eigenvalue weighted by molar-refractivity contribution is 0.709. The number of aromatic nitrogens is 3. The Morgan fingerprint density at radius 2 is 2.20 bits per heavy atom. The molecule has 0 aliphatic heterocycles. The first-order valence-electron chi connectivity index (χ1n) is 4.81. The molecule has 1 N–H and O–H groups in total. The molecule has 5 heteroatoms. The van der Waals surface area contributed by atoms with Crippen molar-refractivity contribution in [1.29, 1.82) is 0 Å². The molecule has 1 unspecified atom stereocenters. The molecular weight excluding hydrogens is 190 g/mol. The Morgan fingerprint density at radius 1 is 1.40 bits per heavy atom. The van der Waals surface area contributed by atoms with Crippen LogP contribution in [0.2, 0.25) is 0 Å². The van der Waals surface area contributed by atoms with Crippen molar-refractivity contribution < 1.29 is 0 Å². The molecule has 5 nitrogen and oxygen atoms in total. The summed E-state index contributed by atoms with van der Waals surface area (Å²) in [5, 5.41) is 7.78. The standard InChI is InChI=1S/C10H13N5/c1-6-4-12-5-8-9(6)14-10(13-8)7(2)15-11-3/h4-5,7H,1-3H3,(H,13,14). The minimum absolute atomic E-state index is 0.0400. The fourth-order valence-corrected chi connectivity index (χ4v) is 1.51. The summed E-state index contributed by atoms with van der Waals surface area (Å²) in [6, 6.07) is -0.0400. The van der Waals surface area contributed by atoms with Gasteiger partial charge in [-0.25, -0.2) is 4.98 Å². The molecule has 0 aliphatic rings. The van der Waals surface area contributed by atoms with Crippen molar-refractivity contribution >= 4 is 11.0 Å². The maximum absolute atomic E-state index is 4.48. The number of nitrogens with one attached hydrogen (secondary N) is 1. The second-order valence-corrected chi connectivity index (χ2v) is 3.47. The zero-order chi connectivity index (χ0) is 10.8. The average Bonchev–Trinajstić information content (AvgIpc) is 2.63. The number of hydrogen-bond donors (Lipinski definition) is 1. The van der Waals surface area contributed by atoms with Gasteiger partial charge in [-0.3, -0.25) is 4.98 Å². The number of rotatable bonds is 2. The van der Waals surface area contributed by atoms with E-state index in [1.54, 1.807) is 19.4 Å². The van der Waals surface area contributed by atoms with Gasteiger partial charge in [0.25, 0.3) is 0 Å². The molecule has 0 saturated carbocycles.